The second-order valence-electron chi connectivity index (χ2n) is 0.636. The maximum atomic E-state index is 4.65. The van der Waals surface area contributed by atoms with Gasteiger partial charge >= 0.3 is 0 Å². The van der Waals surface area contributed by atoms with Gasteiger partial charge in [-0.25, -0.2) is 0 Å². The van der Waals surface area contributed by atoms with Gasteiger partial charge in [-0.3, -0.25) is 4.58 Å². The first kappa shape index (κ1) is 6.17. The summed E-state index contributed by atoms with van der Waals surface area (Å²) < 4.78 is 8.01. The molecule has 0 saturated heterocycles. The van der Waals surface area contributed by atoms with Crippen LogP contribution >= 0.6 is 11.9 Å². The quantitative estimate of drug-likeness (QED) is 0.234. The van der Waals surface area contributed by atoms with Gasteiger partial charge in [0.05, 0.1) is 11.9 Å². The molecule has 0 rings (SSSR count). The molecule has 0 atom stereocenters. The van der Waals surface area contributed by atoms with E-state index in [4.69, 9.17) is 0 Å². The van der Waals surface area contributed by atoms with E-state index in [-0.39, 0.29) is 0 Å². The van der Waals surface area contributed by atoms with Crippen molar-refractivity contribution >= 4 is 21.6 Å². The van der Waals surface area contributed by atoms with Crippen molar-refractivity contribution in [2.75, 3.05) is 0 Å². The van der Waals surface area contributed by atoms with E-state index in [1.165, 1.54) is 0 Å². The van der Waals surface area contributed by atoms with Crippen LogP contribution < -0.4 is 0 Å². The number of rotatable bonds is 3. The molecule has 0 aliphatic heterocycles. The van der Waals surface area contributed by atoms with Gasteiger partial charge in [-0.05, 0) is 0 Å². The van der Waals surface area contributed by atoms with Crippen molar-refractivity contribution in [3.8, 4) is 0 Å². The molecule has 0 amide bonds. The molecule has 0 aliphatic rings. The van der Waals surface area contributed by atoms with Gasteiger partial charge in [0.25, 0.3) is 0 Å². The van der Waals surface area contributed by atoms with Gasteiger partial charge < -0.3 is 0 Å². The van der Waals surface area contributed by atoms with Gasteiger partial charge in [0.15, 0.2) is 0 Å². The predicted octanol–water partition coefficient (Wildman–Crippen LogP) is 0.316. The second-order valence-corrected chi connectivity index (χ2v) is 1.91. The van der Waals surface area contributed by atoms with E-state index >= 15 is 0 Å². The predicted molar refractivity (Wildman–Crippen MR) is 26.8 cm³/mol. The normalized spacial score (nSPS) is 10.2. The van der Waals surface area contributed by atoms with Crippen molar-refractivity contribution in [3.63, 3.8) is 0 Å². The monoisotopic (exact) mass is 124 g/mol. The first-order valence-corrected chi connectivity index (χ1v) is 3.13. The Morgan fingerprint density at radius 2 is 2.50 bits per heavy atom. The molecule has 36 valence electrons. The average Bonchev–Trinajstić information content (AvgIpc) is 1.61. The average molecular weight is 125 g/mol. The van der Waals surface area contributed by atoms with Crippen molar-refractivity contribution < 1.29 is 9.02 Å². The van der Waals surface area contributed by atoms with E-state index in [1.807, 2.05) is 0 Å². The van der Waals surface area contributed by atoms with E-state index in [2.05, 4.69) is 27.5 Å². The van der Waals surface area contributed by atoms with Crippen LogP contribution in [0.25, 0.3) is 0 Å². The molecule has 0 unspecified atom stereocenters. The van der Waals surface area contributed by atoms with Crippen LogP contribution in [-0.2, 0) is 9.02 Å². The largest absolute Gasteiger partial charge is 0.272 e. The highest BCUT2D eigenvalue weighted by molar-refractivity contribution is 6.34. The van der Waals surface area contributed by atoms with E-state index in [0.717, 1.165) is 0 Å². The molecule has 0 aromatic heterocycles. The summed E-state index contributed by atoms with van der Waals surface area (Å²) in [5.41, 5.74) is 1.67. The van der Waals surface area contributed by atoms with E-state index in [0.29, 0.717) is 0 Å². The summed E-state index contributed by atoms with van der Waals surface area (Å²) in [6.45, 7) is 3.40. The Labute approximate surface area is 43.7 Å². The molecule has 0 aromatic carbocycles. The third-order valence-electron chi connectivity index (χ3n) is 0.230. The molecule has 4 heteroatoms. The van der Waals surface area contributed by atoms with Gasteiger partial charge in [0.2, 0.25) is 9.76 Å². The lowest BCUT2D eigenvalue weighted by Gasteiger charge is -1.83. The van der Waals surface area contributed by atoms with Crippen molar-refractivity contribution in [1.29, 1.82) is 0 Å². The summed E-state index contributed by atoms with van der Waals surface area (Å²) in [6, 6.07) is 0. The van der Waals surface area contributed by atoms with Crippen LogP contribution in [0.5, 0.6) is 0 Å². The molecule has 0 aromatic rings. The summed E-state index contributed by atoms with van der Waals surface area (Å²) >= 11 is 4.65. The minimum atomic E-state index is -0.669. The zero-order valence-corrected chi connectivity index (χ0v) is 5.36. The Hall–Kier alpha value is 0.167. The maximum absolute atomic E-state index is 4.65. The third kappa shape index (κ3) is 4.17. The Bertz CT molecular complexity index is 40.5. The first-order valence-electron chi connectivity index (χ1n) is 1.43. The van der Waals surface area contributed by atoms with Gasteiger partial charge in [-0.15, -0.1) is 11.0 Å². The van der Waals surface area contributed by atoms with Crippen molar-refractivity contribution in [3.05, 3.63) is 12.3 Å². The molecule has 6 heavy (non-hydrogen) atoms. The molecule has 0 bridgehead atoms. The minimum absolute atomic E-state index is 0.669. The Morgan fingerprint density at radius 3 is 2.67 bits per heavy atom. The molecule has 0 aliphatic carbocycles. The van der Waals surface area contributed by atoms with Crippen LogP contribution in [0.4, 0.5) is 0 Å². The second kappa shape index (κ2) is 5.17. The lowest BCUT2D eigenvalue weighted by Crippen LogP contribution is -1.86. The highest BCUT2D eigenvalue weighted by Crippen LogP contribution is 1.77. The molecule has 0 spiro atoms. The van der Waals surface area contributed by atoms with Crippen LogP contribution in [0.15, 0.2) is 12.3 Å². The zero-order chi connectivity index (χ0) is 4.83. The molecule has 0 saturated carbocycles. The highest BCUT2D eigenvalue weighted by atomic mass is 35.5. The number of hydrogen-bond acceptors (Lipinski definition) is 2. The Kier molecular flexibility index (Phi) is 5.31. The maximum Gasteiger partial charge on any atom is 0.234 e. The van der Waals surface area contributed by atoms with E-state index in [1.54, 1.807) is 5.70 Å². The van der Waals surface area contributed by atoms with Gasteiger partial charge in [0, 0.05) is 0 Å². The fourth-order valence-corrected chi connectivity index (χ4v) is 0.376. The van der Waals surface area contributed by atoms with Crippen LogP contribution in [-0.4, -0.2) is 9.76 Å². The van der Waals surface area contributed by atoms with Crippen LogP contribution in [0.2, 0.25) is 0 Å². The van der Waals surface area contributed by atoms with Crippen molar-refractivity contribution in [1.82, 2.24) is 0 Å². The summed E-state index contributed by atoms with van der Waals surface area (Å²) in [6.07, 6.45) is 0. The first-order chi connectivity index (χ1) is 2.91. The fourth-order valence-electron chi connectivity index (χ4n) is 0.0738. The molecular weight excluding hydrogens is 120 g/mol. The molecule has 0 radical (unpaired) electrons. The van der Waals surface area contributed by atoms with E-state index < -0.39 is 9.76 Å². The van der Waals surface area contributed by atoms with Gasteiger partial charge in [0.1, 0.15) is 0 Å². The lowest BCUT2D eigenvalue weighted by molar-refractivity contribution is -0.0889. The smallest absolute Gasteiger partial charge is 0.234 e. The highest BCUT2D eigenvalue weighted by Gasteiger charge is 1.73. The molecule has 0 fully saturated rings. The van der Waals surface area contributed by atoms with Gasteiger partial charge in [-0.1, -0.05) is 5.70 Å². The molecule has 0 heterocycles. The van der Waals surface area contributed by atoms with Crippen LogP contribution in [0.3, 0.4) is 0 Å². The Balaban J connectivity index is 2.49. The van der Waals surface area contributed by atoms with Gasteiger partial charge in [-0.2, -0.15) is 0 Å². The topological polar surface area (TPSA) is 18.5 Å². The standard InChI is InChI=1S/C2H5ClO2Si/c1-2-6-5-4-3/h2H,1,6H2. The van der Waals surface area contributed by atoms with Crippen molar-refractivity contribution in [2.24, 2.45) is 0 Å². The summed E-state index contributed by atoms with van der Waals surface area (Å²) in [5, 5.41) is 0. The van der Waals surface area contributed by atoms with Crippen LogP contribution in [0.1, 0.15) is 0 Å². The number of halogens is 1. The zero-order valence-electron chi connectivity index (χ0n) is 3.19. The third-order valence-corrected chi connectivity index (χ3v) is 0.959. The molecular formula is C2H5ClO2Si. The lowest BCUT2D eigenvalue weighted by atomic mass is 11.3. The van der Waals surface area contributed by atoms with Crippen LogP contribution in [0, 0.1) is 0 Å². The molecule has 0 N–H and O–H groups in total. The summed E-state index contributed by atoms with van der Waals surface area (Å²) in [7, 11) is -0.669. The summed E-state index contributed by atoms with van der Waals surface area (Å²) in [4.78, 5) is 0. The summed E-state index contributed by atoms with van der Waals surface area (Å²) in [5.74, 6) is 0. The number of hydrogen-bond donors (Lipinski definition) is 0. The van der Waals surface area contributed by atoms with E-state index in [9.17, 15) is 0 Å². The van der Waals surface area contributed by atoms with Crippen molar-refractivity contribution in [2.45, 2.75) is 0 Å². The minimum Gasteiger partial charge on any atom is -0.272 e. The SMILES string of the molecule is C=C[SiH2]OOCl. The Morgan fingerprint density at radius 1 is 1.83 bits per heavy atom. The molecule has 2 nitrogen and oxygen atoms in total. The fraction of sp³-hybridized carbons (Fsp3) is 0.